The fourth-order valence-electron chi connectivity index (χ4n) is 3.35. The van der Waals surface area contributed by atoms with E-state index < -0.39 is 0 Å². The van der Waals surface area contributed by atoms with Crippen molar-refractivity contribution >= 4 is 45.8 Å². The lowest BCUT2D eigenvalue weighted by atomic mass is 10.1. The molecule has 8 heteroatoms. The Balaban J connectivity index is 1.44. The van der Waals surface area contributed by atoms with Crippen molar-refractivity contribution in [2.45, 2.75) is 6.42 Å². The lowest BCUT2D eigenvalue weighted by molar-refractivity contribution is -0.115. The number of nitrogens with one attached hydrogen (secondary N) is 3. The Labute approximate surface area is 160 Å². The molecule has 0 bridgehead atoms. The molecule has 8 nitrogen and oxygen atoms in total. The number of anilines is 5. The van der Waals surface area contributed by atoms with Gasteiger partial charge in [0.05, 0.1) is 23.8 Å². The molecule has 2 aromatic heterocycles. The second kappa shape index (κ2) is 6.34. The van der Waals surface area contributed by atoms with Crippen LogP contribution in [0.25, 0.3) is 11.0 Å². The molecule has 0 atom stereocenters. The topological polar surface area (TPSA) is 98.8 Å². The number of hydrogen-bond donors (Lipinski definition) is 3. The standard InChI is InChI=1S/C20H17N7O/c1-27(12-5-6-16-17(9-12)23-11-22-16)18-7-8-21-20(26-18)25-15-4-2-3-14-13(15)10-19(28)24-14/h2-9,11H,10H2,1H3,(H,22,23)(H,24,28)(H,21,25,26). The molecule has 0 saturated carbocycles. The SMILES string of the molecule is CN(c1ccc2nc[nH]c2c1)c1ccnc(Nc2cccc3c2CC(=O)N3)n1. The minimum absolute atomic E-state index is 0.00662. The molecule has 3 N–H and O–H groups in total. The number of nitrogens with zero attached hydrogens (tertiary/aromatic N) is 4. The maximum absolute atomic E-state index is 11.7. The largest absolute Gasteiger partial charge is 0.345 e. The number of aromatic amines is 1. The summed E-state index contributed by atoms with van der Waals surface area (Å²) < 4.78 is 0. The highest BCUT2D eigenvalue weighted by Crippen LogP contribution is 2.31. The second-order valence-electron chi connectivity index (χ2n) is 6.58. The van der Waals surface area contributed by atoms with Crippen LogP contribution in [0.4, 0.5) is 28.8 Å². The molecule has 0 spiro atoms. The summed E-state index contributed by atoms with van der Waals surface area (Å²) in [5.74, 6) is 1.21. The van der Waals surface area contributed by atoms with Gasteiger partial charge in [0.2, 0.25) is 11.9 Å². The molecule has 2 aromatic carbocycles. The molecule has 4 aromatic rings. The Morgan fingerprint density at radius 2 is 2.07 bits per heavy atom. The van der Waals surface area contributed by atoms with Crippen LogP contribution in [0.2, 0.25) is 0 Å². The number of carbonyl (C=O) groups excluding carboxylic acids is 1. The van der Waals surface area contributed by atoms with Crippen LogP contribution in [-0.4, -0.2) is 32.9 Å². The first kappa shape index (κ1) is 16.2. The molecule has 3 heterocycles. The van der Waals surface area contributed by atoms with Gasteiger partial charge in [0.1, 0.15) is 5.82 Å². The second-order valence-corrected chi connectivity index (χ2v) is 6.58. The summed E-state index contributed by atoms with van der Waals surface area (Å²) in [5.41, 5.74) is 5.46. The van der Waals surface area contributed by atoms with Crippen LogP contribution in [0.1, 0.15) is 5.56 Å². The van der Waals surface area contributed by atoms with Gasteiger partial charge in [-0.2, -0.15) is 4.98 Å². The minimum atomic E-state index is -0.00662. The lowest BCUT2D eigenvalue weighted by Crippen LogP contribution is -2.12. The Bertz CT molecular complexity index is 1200. The molecule has 28 heavy (non-hydrogen) atoms. The molecule has 0 saturated heterocycles. The van der Waals surface area contributed by atoms with Crippen LogP contribution in [0.3, 0.4) is 0 Å². The first-order valence-electron chi connectivity index (χ1n) is 8.86. The summed E-state index contributed by atoms with van der Waals surface area (Å²) >= 11 is 0. The van der Waals surface area contributed by atoms with Gasteiger partial charge in [0.15, 0.2) is 0 Å². The molecule has 0 radical (unpaired) electrons. The maximum Gasteiger partial charge on any atom is 0.229 e. The van der Waals surface area contributed by atoms with Crippen molar-refractivity contribution in [1.29, 1.82) is 0 Å². The van der Waals surface area contributed by atoms with E-state index in [0.717, 1.165) is 39.5 Å². The van der Waals surface area contributed by atoms with Crippen LogP contribution in [0, 0.1) is 0 Å². The van der Waals surface area contributed by atoms with Crippen molar-refractivity contribution in [3.63, 3.8) is 0 Å². The third kappa shape index (κ3) is 2.81. The number of benzene rings is 2. The summed E-state index contributed by atoms with van der Waals surface area (Å²) in [5, 5.41) is 6.09. The molecule has 5 rings (SSSR count). The number of carbonyl (C=O) groups is 1. The van der Waals surface area contributed by atoms with Crippen molar-refractivity contribution < 1.29 is 4.79 Å². The van der Waals surface area contributed by atoms with Gasteiger partial charge in [-0.3, -0.25) is 4.79 Å². The molecule has 0 fully saturated rings. The number of imidazole rings is 1. The Morgan fingerprint density at radius 3 is 3.00 bits per heavy atom. The molecule has 0 unspecified atom stereocenters. The summed E-state index contributed by atoms with van der Waals surface area (Å²) in [6.45, 7) is 0. The fourth-order valence-corrected chi connectivity index (χ4v) is 3.35. The third-order valence-corrected chi connectivity index (χ3v) is 4.81. The number of fused-ring (bicyclic) bond motifs is 2. The molecular weight excluding hydrogens is 354 g/mol. The van der Waals surface area contributed by atoms with Crippen LogP contribution in [0.5, 0.6) is 0 Å². The van der Waals surface area contributed by atoms with Crippen LogP contribution < -0.4 is 15.5 Å². The van der Waals surface area contributed by atoms with Gasteiger partial charge in [0, 0.05) is 35.9 Å². The predicted molar refractivity (Wildman–Crippen MR) is 108 cm³/mol. The van der Waals surface area contributed by atoms with E-state index >= 15 is 0 Å². The number of aromatic nitrogens is 4. The van der Waals surface area contributed by atoms with Gasteiger partial charge in [0.25, 0.3) is 0 Å². The summed E-state index contributed by atoms with van der Waals surface area (Å²) in [4.78, 5) is 30.0. The van der Waals surface area contributed by atoms with Crippen molar-refractivity contribution in [1.82, 2.24) is 19.9 Å². The quantitative estimate of drug-likeness (QED) is 0.509. The highest BCUT2D eigenvalue weighted by atomic mass is 16.1. The molecular formula is C20H17N7O. The van der Waals surface area contributed by atoms with Crippen LogP contribution in [-0.2, 0) is 11.2 Å². The maximum atomic E-state index is 11.7. The third-order valence-electron chi connectivity index (χ3n) is 4.81. The van der Waals surface area contributed by atoms with Crippen molar-refractivity contribution in [2.24, 2.45) is 0 Å². The Hall–Kier alpha value is -3.94. The van der Waals surface area contributed by atoms with Crippen molar-refractivity contribution in [3.05, 3.63) is 60.6 Å². The average Bonchev–Trinajstić information content (AvgIpc) is 3.33. The van der Waals surface area contributed by atoms with Crippen molar-refractivity contribution in [3.8, 4) is 0 Å². The molecule has 1 amide bonds. The average molecular weight is 371 g/mol. The van der Waals surface area contributed by atoms with E-state index in [2.05, 4.69) is 30.6 Å². The van der Waals surface area contributed by atoms with E-state index in [0.29, 0.717) is 12.4 Å². The van der Waals surface area contributed by atoms with Gasteiger partial charge >= 0.3 is 0 Å². The number of rotatable bonds is 4. The van der Waals surface area contributed by atoms with E-state index in [-0.39, 0.29) is 5.91 Å². The molecule has 1 aliphatic heterocycles. The summed E-state index contributed by atoms with van der Waals surface area (Å²) in [7, 11) is 1.95. The zero-order valence-electron chi connectivity index (χ0n) is 15.1. The van der Waals surface area contributed by atoms with E-state index in [4.69, 9.17) is 0 Å². The van der Waals surface area contributed by atoms with E-state index in [1.807, 2.05) is 54.4 Å². The summed E-state index contributed by atoms with van der Waals surface area (Å²) in [6.07, 6.45) is 3.74. The summed E-state index contributed by atoms with van der Waals surface area (Å²) in [6, 6.07) is 13.5. The fraction of sp³-hybridized carbons (Fsp3) is 0.100. The van der Waals surface area contributed by atoms with E-state index in [1.165, 1.54) is 0 Å². The Kier molecular flexibility index (Phi) is 3.68. The first-order chi connectivity index (χ1) is 13.7. The number of amides is 1. The van der Waals surface area contributed by atoms with Gasteiger partial charge in [-0.15, -0.1) is 0 Å². The van der Waals surface area contributed by atoms with Crippen LogP contribution >= 0.6 is 0 Å². The van der Waals surface area contributed by atoms with Gasteiger partial charge in [-0.05, 0) is 36.4 Å². The monoisotopic (exact) mass is 371 g/mol. The zero-order valence-corrected chi connectivity index (χ0v) is 15.1. The Morgan fingerprint density at radius 1 is 1.14 bits per heavy atom. The van der Waals surface area contributed by atoms with Gasteiger partial charge in [-0.25, -0.2) is 9.97 Å². The van der Waals surface area contributed by atoms with E-state index in [9.17, 15) is 4.79 Å². The highest BCUT2D eigenvalue weighted by Gasteiger charge is 2.21. The molecule has 1 aliphatic rings. The normalized spacial score (nSPS) is 12.7. The highest BCUT2D eigenvalue weighted by molar-refractivity contribution is 6.01. The molecule has 138 valence electrons. The van der Waals surface area contributed by atoms with Gasteiger partial charge < -0.3 is 20.5 Å². The first-order valence-corrected chi connectivity index (χ1v) is 8.86. The number of H-pyrrole nitrogens is 1. The van der Waals surface area contributed by atoms with Crippen LogP contribution in [0.15, 0.2) is 55.0 Å². The predicted octanol–water partition coefficient (Wildman–Crippen LogP) is 3.36. The minimum Gasteiger partial charge on any atom is -0.345 e. The molecule has 0 aliphatic carbocycles. The lowest BCUT2D eigenvalue weighted by Gasteiger charge is -2.19. The van der Waals surface area contributed by atoms with E-state index in [1.54, 1.807) is 12.5 Å². The number of hydrogen-bond acceptors (Lipinski definition) is 6. The smallest absolute Gasteiger partial charge is 0.229 e. The zero-order chi connectivity index (χ0) is 19.1. The van der Waals surface area contributed by atoms with Crippen molar-refractivity contribution in [2.75, 3.05) is 22.6 Å². The van der Waals surface area contributed by atoms with Gasteiger partial charge in [-0.1, -0.05) is 6.07 Å².